The Kier molecular flexibility index (Phi) is 11.8. The van der Waals surface area contributed by atoms with E-state index in [4.69, 9.17) is 23.7 Å². The zero-order valence-electron chi connectivity index (χ0n) is 30.8. The molecule has 3 heterocycles. The molecule has 12 heteroatoms. The number of amides is 1. The molecule has 0 spiro atoms. The minimum absolute atomic E-state index is 0.0243. The summed E-state index contributed by atoms with van der Waals surface area (Å²) in [7, 11) is 5.19. The Morgan fingerprint density at radius 1 is 1.02 bits per heavy atom. The molecule has 1 amide bonds. The van der Waals surface area contributed by atoms with E-state index in [1.165, 1.54) is 6.07 Å². The number of esters is 1. The number of rotatable bonds is 8. The number of nitrogens with zero attached hydrogens (tertiary/aromatic N) is 1. The number of ketones is 1. The molecule has 0 bridgehead atoms. The maximum absolute atomic E-state index is 14.0. The molecule has 6 rings (SSSR count). The molecule has 53 heavy (non-hydrogen) atoms. The van der Waals surface area contributed by atoms with Gasteiger partial charge in [0.1, 0.15) is 28.6 Å². The van der Waals surface area contributed by atoms with E-state index in [2.05, 4.69) is 10.2 Å². The van der Waals surface area contributed by atoms with Crippen molar-refractivity contribution in [3.63, 3.8) is 0 Å². The first-order valence-electron chi connectivity index (χ1n) is 18.2. The van der Waals surface area contributed by atoms with E-state index in [9.17, 15) is 24.6 Å². The molecule has 1 unspecified atom stereocenters. The lowest BCUT2D eigenvalue weighted by atomic mass is 9.84. The summed E-state index contributed by atoms with van der Waals surface area (Å²) in [6.45, 7) is 3.42. The van der Waals surface area contributed by atoms with Crippen LogP contribution in [0.4, 0.5) is 0 Å². The number of carbonyl (C=O) groups excluding carboxylic acids is 3. The predicted molar refractivity (Wildman–Crippen MR) is 197 cm³/mol. The summed E-state index contributed by atoms with van der Waals surface area (Å²) in [4.78, 5) is 42.1. The number of methoxy groups -OCH3 is 2. The smallest absolute Gasteiger partial charge is 0.342 e. The third-order valence-electron chi connectivity index (χ3n) is 10.2. The second-order valence-corrected chi connectivity index (χ2v) is 13.9. The minimum atomic E-state index is -0.872. The molecule has 0 fully saturated rings. The summed E-state index contributed by atoms with van der Waals surface area (Å²) in [6, 6.07) is 8.41. The highest BCUT2D eigenvalue weighted by atomic mass is 16.7. The number of Topliss-reactive ketones (excluding diaryl/α,β-unsaturated/α-hetero) is 1. The lowest BCUT2D eigenvalue weighted by Gasteiger charge is -2.29. The summed E-state index contributed by atoms with van der Waals surface area (Å²) in [5.41, 5.74) is 3.66. The monoisotopic (exact) mass is 728 g/mol. The number of fused-ring (bicyclic) bond motifs is 3. The summed E-state index contributed by atoms with van der Waals surface area (Å²) >= 11 is 0. The Morgan fingerprint density at radius 3 is 2.53 bits per heavy atom. The van der Waals surface area contributed by atoms with Crippen molar-refractivity contribution < 1.29 is 48.3 Å². The van der Waals surface area contributed by atoms with Crippen LogP contribution in [-0.4, -0.2) is 73.5 Å². The van der Waals surface area contributed by atoms with Crippen molar-refractivity contribution in [3.05, 3.63) is 75.4 Å². The first kappa shape index (κ1) is 37.5. The van der Waals surface area contributed by atoms with Gasteiger partial charge < -0.3 is 44.1 Å². The van der Waals surface area contributed by atoms with Gasteiger partial charge in [-0.3, -0.25) is 9.59 Å². The highest BCUT2D eigenvalue weighted by Gasteiger charge is 2.34. The largest absolute Gasteiger partial charge is 0.507 e. The van der Waals surface area contributed by atoms with Crippen molar-refractivity contribution in [3.8, 4) is 34.5 Å². The van der Waals surface area contributed by atoms with Gasteiger partial charge >= 0.3 is 5.97 Å². The Bertz CT molecular complexity index is 1890. The molecule has 3 aliphatic rings. The van der Waals surface area contributed by atoms with Gasteiger partial charge in [-0.05, 0) is 81.0 Å². The third kappa shape index (κ3) is 8.22. The second-order valence-electron chi connectivity index (χ2n) is 13.9. The van der Waals surface area contributed by atoms with Crippen LogP contribution < -0.4 is 24.3 Å². The molecule has 0 saturated carbocycles. The third-order valence-corrected chi connectivity index (χ3v) is 10.2. The van der Waals surface area contributed by atoms with Gasteiger partial charge in [-0.15, -0.1) is 0 Å². The highest BCUT2D eigenvalue weighted by Crippen LogP contribution is 2.50. The average molecular weight is 729 g/mol. The highest BCUT2D eigenvalue weighted by molar-refractivity contribution is 5.98. The number of aromatic hydroxyl groups is 2. The van der Waals surface area contributed by atoms with Crippen LogP contribution in [0.3, 0.4) is 0 Å². The first-order valence-corrected chi connectivity index (χ1v) is 18.2. The molecule has 12 nitrogen and oxygen atoms in total. The van der Waals surface area contributed by atoms with Crippen LogP contribution in [0.1, 0.15) is 102 Å². The lowest BCUT2D eigenvalue weighted by Crippen LogP contribution is -2.30. The van der Waals surface area contributed by atoms with Crippen molar-refractivity contribution >= 4 is 23.7 Å². The van der Waals surface area contributed by atoms with E-state index in [-0.39, 0.29) is 53.9 Å². The second kappa shape index (κ2) is 16.6. The molecular formula is C41H48N2O10. The van der Waals surface area contributed by atoms with Crippen LogP contribution >= 0.6 is 0 Å². The standard InChI is InChI=1S/C41H48N2O10/c1-24-9-8-12-27(44)11-7-5-6-10-26-19-33(45)36(37(47)35(26)41(48)53-24)30(25-13-15-28(49-3)16-14-25)20-34(46)42-21-31-29-17-18-43(2)22-32(29)38(50-4)40-39(31)51-23-52-40/h6,10,13-16,19,24,30,45,47H,5,7-9,11-12,17-18,20-23H2,1-4H3,(H,42,46)/b10-6+/t24-,30?/m0/s1. The molecule has 282 valence electrons. The van der Waals surface area contributed by atoms with Crippen LogP contribution in [0.2, 0.25) is 0 Å². The van der Waals surface area contributed by atoms with Crippen molar-refractivity contribution in [1.29, 1.82) is 0 Å². The quantitative estimate of drug-likeness (QED) is 0.229. The van der Waals surface area contributed by atoms with E-state index in [0.717, 1.165) is 29.7 Å². The fraction of sp³-hybridized carbons (Fsp3) is 0.439. The van der Waals surface area contributed by atoms with E-state index in [1.807, 2.05) is 13.1 Å². The molecular weight excluding hydrogens is 680 g/mol. The van der Waals surface area contributed by atoms with E-state index in [0.29, 0.717) is 73.6 Å². The van der Waals surface area contributed by atoms with Crippen molar-refractivity contribution in [2.24, 2.45) is 0 Å². The number of nitrogens with one attached hydrogen (secondary N) is 1. The molecule has 0 aromatic heterocycles. The van der Waals surface area contributed by atoms with Gasteiger partial charge in [0, 0.05) is 61.5 Å². The van der Waals surface area contributed by atoms with Gasteiger partial charge in [-0.1, -0.05) is 24.3 Å². The summed E-state index contributed by atoms with van der Waals surface area (Å²) in [6.07, 6.45) is 6.64. The van der Waals surface area contributed by atoms with Gasteiger partial charge in [0.25, 0.3) is 0 Å². The normalized spacial score (nSPS) is 18.9. The lowest BCUT2D eigenvalue weighted by molar-refractivity contribution is -0.121. The molecule has 3 aromatic carbocycles. The molecule has 3 aliphatic heterocycles. The van der Waals surface area contributed by atoms with Crippen molar-refractivity contribution in [2.75, 3.05) is 34.6 Å². The molecule has 3 N–H and O–H groups in total. The van der Waals surface area contributed by atoms with E-state index in [1.54, 1.807) is 51.5 Å². The molecule has 3 aromatic rings. The van der Waals surface area contributed by atoms with Gasteiger partial charge in [-0.2, -0.15) is 0 Å². The van der Waals surface area contributed by atoms with Crippen molar-refractivity contribution in [2.45, 2.75) is 83.4 Å². The van der Waals surface area contributed by atoms with Gasteiger partial charge in [0.05, 0.1) is 20.3 Å². The zero-order chi connectivity index (χ0) is 37.6. The number of carbonyl (C=O) groups is 3. The SMILES string of the molecule is COc1ccc(C(CC(=O)NCc2c3c(c(OC)c4c2OCO4)CN(C)CC3)c2c(O)cc3c(c2O)C(=O)O[C@@H](C)CCCC(=O)CCC/C=C/3)cc1. The Labute approximate surface area is 309 Å². The number of ether oxygens (including phenoxy) is 5. The maximum atomic E-state index is 14.0. The number of phenolic OH excluding ortho intramolecular Hbond substituents is 2. The van der Waals surface area contributed by atoms with E-state index < -0.39 is 23.7 Å². The maximum Gasteiger partial charge on any atom is 0.342 e. The predicted octanol–water partition coefficient (Wildman–Crippen LogP) is 6.15. The number of likely N-dealkylation sites (N-methyl/N-ethyl adjacent to an activating group) is 1. The Balaban J connectivity index is 1.35. The summed E-state index contributed by atoms with van der Waals surface area (Å²) in [5.74, 6) is -0.276. The number of phenols is 2. The number of benzene rings is 3. The molecule has 2 atom stereocenters. The zero-order valence-corrected chi connectivity index (χ0v) is 30.8. The van der Waals surface area contributed by atoms with Crippen LogP contribution in [-0.2, 0) is 33.8 Å². The Hall–Kier alpha value is -5.23. The fourth-order valence-corrected chi connectivity index (χ4v) is 7.47. The summed E-state index contributed by atoms with van der Waals surface area (Å²) in [5, 5.41) is 26.5. The number of hydrogen-bond donors (Lipinski definition) is 3. The van der Waals surface area contributed by atoms with Crippen LogP contribution in [0.25, 0.3) is 6.08 Å². The topological polar surface area (TPSA) is 153 Å². The van der Waals surface area contributed by atoms with Crippen LogP contribution in [0.5, 0.6) is 34.5 Å². The average Bonchev–Trinajstić information content (AvgIpc) is 3.62. The van der Waals surface area contributed by atoms with Crippen molar-refractivity contribution in [1.82, 2.24) is 10.2 Å². The van der Waals surface area contributed by atoms with Gasteiger partial charge in [-0.25, -0.2) is 4.79 Å². The minimum Gasteiger partial charge on any atom is -0.507 e. The van der Waals surface area contributed by atoms with E-state index >= 15 is 0 Å². The number of cyclic esters (lactones) is 1. The fourth-order valence-electron chi connectivity index (χ4n) is 7.47. The van der Waals surface area contributed by atoms with Crippen LogP contribution in [0, 0.1) is 0 Å². The first-order chi connectivity index (χ1) is 25.6. The molecule has 0 saturated heterocycles. The Morgan fingerprint density at radius 2 is 1.77 bits per heavy atom. The van der Waals surface area contributed by atoms with Gasteiger partial charge in [0.15, 0.2) is 11.5 Å². The molecule has 0 aliphatic carbocycles. The summed E-state index contributed by atoms with van der Waals surface area (Å²) < 4.78 is 28.6. The molecule has 0 radical (unpaired) electrons. The van der Waals surface area contributed by atoms with Crippen LogP contribution in [0.15, 0.2) is 36.4 Å². The number of allylic oxidation sites excluding steroid dienone is 1. The number of hydrogen-bond acceptors (Lipinski definition) is 11. The van der Waals surface area contributed by atoms with Gasteiger partial charge in [0.2, 0.25) is 18.4 Å².